The van der Waals surface area contributed by atoms with Crippen LogP contribution in [0.5, 0.6) is 0 Å². The van der Waals surface area contributed by atoms with Gasteiger partial charge in [0.15, 0.2) is 6.29 Å². The van der Waals surface area contributed by atoms with E-state index in [1.165, 1.54) is 5.56 Å². The highest BCUT2D eigenvalue weighted by atomic mass is 16.7. The largest absolute Gasteiger partial charge is 0.348 e. The van der Waals surface area contributed by atoms with Crippen molar-refractivity contribution in [1.82, 2.24) is 9.88 Å². The van der Waals surface area contributed by atoms with Crippen molar-refractivity contribution in [1.29, 1.82) is 0 Å². The predicted molar refractivity (Wildman–Crippen MR) is 85.2 cm³/mol. The highest BCUT2D eigenvalue weighted by Gasteiger charge is 2.31. The Morgan fingerprint density at radius 1 is 1.05 bits per heavy atom. The summed E-state index contributed by atoms with van der Waals surface area (Å²) in [6, 6.07) is 14.4. The number of nitrogens with zero attached hydrogens (tertiary/aromatic N) is 2. The molecular weight excluding hydrogens is 276 g/mol. The zero-order chi connectivity index (χ0) is 15.4. The Bertz CT molecular complexity index is 566. The predicted octanol–water partition coefficient (Wildman–Crippen LogP) is 3.05. The van der Waals surface area contributed by atoms with E-state index in [9.17, 15) is 0 Å². The van der Waals surface area contributed by atoms with Crippen LogP contribution in [-0.4, -0.2) is 37.2 Å². The zero-order valence-electron chi connectivity index (χ0n) is 13.1. The monoisotopic (exact) mass is 298 g/mol. The SMILES string of the molecule is CN(C)C(c1cccnc1)C1COC(c2ccccc2)OC1. The first-order chi connectivity index (χ1) is 10.8. The molecule has 0 bridgehead atoms. The van der Waals surface area contributed by atoms with Gasteiger partial charge < -0.3 is 14.4 Å². The molecular formula is C18H22N2O2. The summed E-state index contributed by atoms with van der Waals surface area (Å²) in [4.78, 5) is 6.44. The van der Waals surface area contributed by atoms with E-state index in [4.69, 9.17) is 9.47 Å². The fourth-order valence-electron chi connectivity index (χ4n) is 3.05. The van der Waals surface area contributed by atoms with Gasteiger partial charge in [-0.1, -0.05) is 36.4 Å². The lowest BCUT2D eigenvalue weighted by Gasteiger charge is -2.37. The molecule has 1 saturated heterocycles. The Labute approximate surface area is 131 Å². The van der Waals surface area contributed by atoms with E-state index in [-0.39, 0.29) is 12.3 Å². The van der Waals surface area contributed by atoms with E-state index in [1.807, 2.05) is 42.6 Å². The van der Waals surface area contributed by atoms with Crippen LogP contribution in [0.25, 0.3) is 0 Å². The summed E-state index contributed by atoms with van der Waals surface area (Å²) >= 11 is 0. The first-order valence-corrected chi connectivity index (χ1v) is 7.60. The summed E-state index contributed by atoms with van der Waals surface area (Å²) in [5.74, 6) is 0.291. The van der Waals surface area contributed by atoms with Crippen LogP contribution in [0, 0.1) is 5.92 Å². The standard InChI is InChI=1S/C18H22N2O2/c1-20(2)17(15-9-6-10-19-11-15)16-12-21-18(22-13-16)14-7-4-3-5-8-14/h3-11,16-18H,12-13H2,1-2H3. The van der Waals surface area contributed by atoms with Gasteiger partial charge in [0.1, 0.15) is 0 Å². The molecule has 1 aliphatic heterocycles. The van der Waals surface area contributed by atoms with E-state index in [2.05, 4.69) is 30.0 Å². The second kappa shape index (κ2) is 7.01. The van der Waals surface area contributed by atoms with Crippen molar-refractivity contribution in [3.8, 4) is 0 Å². The zero-order valence-corrected chi connectivity index (χ0v) is 13.1. The van der Waals surface area contributed by atoms with E-state index in [0.29, 0.717) is 19.1 Å². The van der Waals surface area contributed by atoms with Gasteiger partial charge in [0.25, 0.3) is 0 Å². The average Bonchev–Trinajstić information content (AvgIpc) is 2.57. The molecule has 1 aliphatic rings. The van der Waals surface area contributed by atoms with Gasteiger partial charge in [-0.15, -0.1) is 0 Å². The Balaban J connectivity index is 1.69. The van der Waals surface area contributed by atoms with Crippen molar-refractivity contribution >= 4 is 0 Å². The van der Waals surface area contributed by atoms with Crippen molar-refractivity contribution in [3.63, 3.8) is 0 Å². The van der Waals surface area contributed by atoms with Gasteiger partial charge in [0, 0.05) is 29.9 Å². The number of ether oxygens (including phenoxy) is 2. The van der Waals surface area contributed by atoms with Crippen LogP contribution in [0.4, 0.5) is 0 Å². The fourth-order valence-corrected chi connectivity index (χ4v) is 3.05. The van der Waals surface area contributed by atoms with E-state index >= 15 is 0 Å². The summed E-state index contributed by atoms with van der Waals surface area (Å²) in [5, 5.41) is 0. The molecule has 116 valence electrons. The minimum atomic E-state index is -0.255. The summed E-state index contributed by atoms with van der Waals surface area (Å²) in [7, 11) is 4.17. The Kier molecular flexibility index (Phi) is 4.83. The maximum Gasteiger partial charge on any atom is 0.183 e. The Hall–Kier alpha value is -1.75. The summed E-state index contributed by atoms with van der Waals surface area (Å²) < 4.78 is 11.9. The average molecular weight is 298 g/mol. The number of rotatable bonds is 4. The lowest BCUT2D eigenvalue weighted by atomic mass is 9.93. The number of pyridine rings is 1. The molecule has 0 amide bonds. The van der Waals surface area contributed by atoms with Crippen molar-refractivity contribution in [3.05, 3.63) is 66.0 Å². The smallest absolute Gasteiger partial charge is 0.183 e. The first-order valence-electron chi connectivity index (χ1n) is 7.60. The van der Waals surface area contributed by atoms with Crippen molar-refractivity contribution < 1.29 is 9.47 Å². The van der Waals surface area contributed by atoms with Crippen LogP contribution >= 0.6 is 0 Å². The van der Waals surface area contributed by atoms with E-state index in [1.54, 1.807) is 6.20 Å². The van der Waals surface area contributed by atoms with Crippen LogP contribution in [-0.2, 0) is 9.47 Å². The normalized spacial score (nSPS) is 23.4. The summed E-state index contributed by atoms with van der Waals surface area (Å²) in [5.41, 5.74) is 2.27. The maximum absolute atomic E-state index is 5.96. The molecule has 4 heteroatoms. The van der Waals surface area contributed by atoms with E-state index < -0.39 is 0 Å². The van der Waals surface area contributed by atoms with Crippen molar-refractivity contribution in [2.75, 3.05) is 27.3 Å². The van der Waals surface area contributed by atoms with Gasteiger partial charge in [0.2, 0.25) is 0 Å². The number of benzene rings is 1. The third-order valence-corrected chi connectivity index (χ3v) is 4.02. The Morgan fingerprint density at radius 2 is 1.77 bits per heavy atom. The van der Waals surface area contributed by atoms with Gasteiger partial charge in [-0.25, -0.2) is 0 Å². The van der Waals surface area contributed by atoms with Crippen LogP contribution in [0.1, 0.15) is 23.5 Å². The first kappa shape index (κ1) is 15.2. The highest BCUT2D eigenvalue weighted by molar-refractivity contribution is 5.17. The fraction of sp³-hybridized carbons (Fsp3) is 0.389. The molecule has 4 nitrogen and oxygen atoms in total. The Morgan fingerprint density at radius 3 is 2.36 bits per heavy atom. The molecule has 1 fully saturated rings. The molecule has 0 spiro atoms. The van der Waals surface area contributed by atoms with Crippen LogP contribution in [0.2, 0.25) is 0 Å². The third-order valence-electron chi connectivity index (χ3n) is 4.02. The molecule has 0 saturated carbocycles. The van der Waals surface area contributed by atoms with Crippen LogP contribution < -0.4 is 0 Å². The lowest BCUT2D eigenvalue weighted by Crippen LogP contribution is -2.37. The molecule has 1 aromatic heterocycles. The second-order valence-electron chi connectivity index (χ2n) is 5.86. The number of aromatic nitrogens is 1. The lowest BCUT2D eigenvalue weighted by molar-refractivity contribution is -0.213. The van der Waals surface area contributed by atoms with Gasteiger partial charge in [-0.2, -0.15) is 0 Å². The quantitative estimate of drug-likeness (QED) is 0.869. The minimum absolute atomic E-state index is 0.241. The molecule has 1 aromatic carbocycles. The minimum Gasteiger partial charge on any atom is -0.348 e. The summed E-state index contributed by atoms with van der Waals surface area (Å²) in [6.45, 7) is 1.36. The molecule has 2 aromatic rings. The summed E-state index contributed by atoms with van der Waals surface area (Å²) in [6.07, 6.45) is 3.47. The highest BCUT2D eigenvalue weighted by Crippen LogP contribution is 2.33. The molecule has 2 heterocycles. The number of hydrogen-bond donors (Lipinski definition) is 0. The molecule has 22 heavy (non-hydrogen) atoms. The molecule has 0 aliphatic carbocycles. The van der Waals surface area contributed by atoms with E-state index in [0.717, 1.165) is 5.56 Å². The number of hydrogen-bond acceptors (Lipinski definition) is 4. The third kappa shape index (κ3) is 3.35. The van der Waals surface area contributed by atoms with Crippen LogP contribution in [0.15, 0.2) is 54.9 Å². The van der Waals surface area contributed by atoms with Gasteiger partial charge >= 0.3 is 0 Å². The van der Waals surface area contributed by atoms with Crippen molar-refractivity contribution in [2.24, 2.45) is 5.92 Å². The molecule has 1 atom stereocenters. The second-order valence-corrected chi connectivity index (χ2v) is 5.86. The molecule has 3 rings (SSSR count). The molecule has 1 unspecified atom stereocenters. The molecule has 0 N–H and O–H groups in total. The topological polar surface area (TPSA) is 34.6 Å². The maximum atomic E-state index is 5.96. The van der Waals surface area contributed by atoms with Crippen molar-refractivity contribution in [2.45, 2.75) is 12.3 Å². The van der Waals surface area contributed by atoms with Gasteiger partial charge in [-0.05, 0) is 25.7 Å². The van der Waals surface area contributed by atoms with Gasteiger partial charge in [-0.3, -0.25) is 4.98 Å². The van der Waals surface area contributed by atoms with Gasteiger partial charge in [0.05, 0.1) is 13.2 Å². The molecule has 0 radical (unpaired) electrons. The van der Waals surface area contributed by atoms with Crippen LogP contribution in [0.3, 0.4) is 0 Å².